The lowest BCUT2D eigenvalue weighted by Crippen LogP contribution is -2.23. The molecule has 0 amide bonds. The van der Waals surface area contributed by atoms with Crippen molar-refractivity contribution < 1.29 is 4.84 Å². The summed E-state index contributed by atoms with van der Waals surface area (Å²) in [5, 5.41) is 4.36. The molecule has 124 valence electrons. The van der Waals surface area contributed by atoms with Gasteiger partial charge in [-0.3, -0.25) is 4.90 Å². The summed E-state index contributed by atoms with van der Waals surface area (Å²) in [5.41, 5.74) is 4.67. The van der Waals surface area contributed by atoms with E-state index in [1.165, 1.54) is 11.1 Å². The SMILES string of the molecule is CCc1ncc(CN2C[C@@H]3C(c4cccc(C)c4)=NO[C@@H]3C2)cn1. The molecule has 0 aliphatic carbocycles. The zero-order valence-electron chi connectivity index (χ0n) is 14.1. The number of nitrogens with zero attached hydrogens (tertiary/aromatic N) is 4. The van der Waals surface area contributed by atoms with Crippen LogP contribution >= 0.6 is 0 Å². The normalized spacial score (nSPS) is 23.0. The molecule has 0 spiro atoms. The minimum absolute atomic E-state index is 0.163. The molecule has 0 bridgehead atoms. The Balaban J connectivity index is 1.45. The number of hydrogen-bond donors (Lipinski definition) is 0. The molecule has 5 nitrogen and oxygen atoms in total. The van der Waals surface area contributed by atoms with Gasteiger partial charge in [-0.05, 0) is 6.92 Å². The summed E-state index contributed by atoms with van der Waals surface area (Å²) in [6.45, 7) is 6.91. The highest BCUT2D eigenvalue weighted by Gasteiger charge is 2.42. The highest BCUT2D eigenvalue weighted by Crippen LogP contribution is 2.31. The van der Waals surface area contributed by atoms with Crippen LogP contribution in [0.5, 0.6) is 0 Å². The summed E-state index contributed by atoms with van der Waals surface area (Å²) >= 11 is 0. The Labute approximate surface area is 142 Å². The number of likely N-dealkylation sites (tertiary alicyclic amines) is 1. The average molecular weight is 322 g/mol. The van der Waals surface area contributed by atoms with Crippen LogP contribution in [0, 0.1) is 12.8 Å². The lowest BCUT2D eigenvalue weighted by Gasteiger charge is -2.16. The van der Waals surface area contributed by atoms with Crippen molar-refractivity contribution in [2.24, 2.45) is 11.1 Å². The van der Waals surface area contributed by atoms with E-state index in [1.807, 2.05) is 12.4 Å². The minimum Gasteiger partial charge on any atom is -0.390 e. The quantitative estimate of drug-likeness (QED) is 0.868. The molecule has 3 heterocycles. The van der Waals surface area contributed by atoms with E-state index in [0.717, 1.165) is 43.2 Å². The first-order valence-corrected chi connectivity index (χ1v) is 8.56. The van der Waals surface area contributed by atoms with Crippen molar-refractivity contribution in [3.63, 3.8) is 0 Å². The third kappa shape index (κ3) is 2.91. The molecule has 24 heavy (non-hydrogen) atoms. The van der Waals surface area contributed by atoms with Crippen LogP contribution in [0.1, 0.15) is 29.4 Å². The van der Waals surface area contributed by atoms with Gasteiger partial charge in [-0.2, -0.15) is 0 Å². The molecule has 2 aliphatic rings. The third-order valence-electron chi connectivity index (χ3n) is 4.77. The molecule has 1 aromatic carbocycles. The van der Waals surface area contributed by atoms with Gasteiger partial charge in [0, 0.05) is 49.6 Å². The van der Waals surface area contributed by atoms with Gasteiger partial charge >= 0.3 is 0 Å². The number of oxime groups is 1. The van der Waals surface area contributed by atoms with Crippen molar-refractivity contribution in [1.82, 2.24) is 14.9 Å². The van der Waals surface area contributed by atoms with Crippen molar-refractivity contribution in [2.75, 3.05) is 13.1 Å². The summed E-state index contributed by atoms with van der Waals surface area (Å²) in [6.07, 6.45) is 4.92. The van der Waals surface area contributed by atoms with Crippen LogP contribution in [0.3, 0.4) is 0 Å². The predicted octanol–water partition coefficient (Wildman–Crippen LogP) is 2.58. The molecule has 4 rings (SSSR count). The van der Waals surface area contributed by atoms with Crippen LogP contribution in [-0.2, 0) is 17.8 Å². The summed E-state index contributed by atoms with van der Waals surface area (Å²) in [4.78, 5) is 16.9. The maximum atomic E-state index is 5.70. The minimum atomic E-state index is 0.163. The van der Waals surface area contributed by atoms with Gasteiger partial charge < -0.3 is 4.84 Å². The second-order valence-corrected chi connectivity index (χ2v) is 6.65. The second-order valence-electron chi connectivity index (χ2n) is 6.65. The highest BCUT2D eigenvalue weighted by atomic mass is 16.6. The zero-order valence-corrected chi connectivity index (χ0v) is 14.1. The van der Waals surface area contributed by atoms with E-state index in [0.29, 0.717) is 5.92 Å². The Kier molecular flexibility index (Phi) is 4.02. The number of fused-ring (bicyclic) bond motifs is 1. The first-order chi connectivity index (χ1) is 11.7. The Hall–Kier alpha value is -2.27. The number of aryl methyl sites for hydroxylation is 2. The summed E-state index contributed by atoms with van der Waals surface area (Å²) in [7, 11) is 0. The molecule has 1 fully saturated rings. The monoisotopic (exact) mass is 322 g/mol. The van der Waals surface area contributed by atoms with Crippen molar-refractivity contribution in [2.45, 2.75) is 32.9 Å². The molecule has 0 radical (unpaired) electrons. The highest BCUT2D eigenvalue weighted by molar-refractivity contribution is 6.03. The van der Waals surface area contributed by atoms with Crippen LogP contribution < -0.4 is 0 Å². The van der Waals surface area contributed by atoms with E-state index in [2.05, 4.69) is 58.1 Å². The molecule has 1 saturated heterocycles. The first-order valence-electron chi connectivity index (χ1n) is 8.56. The number of hydrogen-bond acceptors (Lipinski definition) is 5. The van der Waals surface area contributed by atoms with Crippen molar-refractivity contribution in [3.8, 4) is 0 Å². The molecule has 0 unspecified atom stereocenters. The largest absolute Gasteiger partial charge is 0.390 e. The topological polar surface area (TPSA) is 50.6 Å². The van der Waals surface area contributed by atoms with E-state index < -0.39 is 0 Å². The fourth-order valence-corrected chi connectivity index (χ4v) is 3.52. The van der Waals surface area contributed by atoms with Crippen LogP contribution in [0.25, 0.3) is 0 Å². The molecule has 2 atom stereocenters. The van der Waals surface area contributed by atoms with Crippen LogP contribution in [0.15, 0.2) is 41.8 Å². The smallest absolute Gasteiger partial charge is 0.149 e. The van der Waals surface area contributed by atoms with Gasteiger partial charge in [0.25, 0.3) is 0 Å². The van der Waals surface area contributed by atoms with Gasteiger partial charge in [-0.25, -0.2) is 9.97 Å². The van der Waals surface area contributed by atoms with E-state index in [9.17, 15) is 0 Å². The van der Waals surface area contributed by atoms with E-state index in [1.54, 1.807) is 0 Å². The molecule has 5 heteroatoms. The van der Waals surface area contributed by atoms with E-state index >= 15 is 0 Å². The molecular weight excluding hydrogens is 300 g/mol. The predicted molar refractivity (Wildman–Crippen MR) is 92.8 cm³/mol. The maximum Gasteiger partial charge on any atom is 0.149 e. The average Bonchev–Trinajstić information content (AvgIpc) is 3.15. The third-order valence-corrected chi connectivity index (χ3v) is 4.77. The Morgan fingerprint density at radius 3 is 2.79 bits per heavy atom. The maximum absolute atomic E-state index is 5.70. The standard InChI is InChI=1S/C19H22N4O/c1-3-18-20-8-14(9-21-18)10-23-11-16-17(12-23)24-22-19(16)15-6-4-5-13(2)7-15/h4-9,16-17H,3,10-12H2,1-2H3/t16-,17+/m0/s1. The molecule has 1 aromatic heterocycles. The summed E-state index contributed by atoms with van der Waals surface area (Å²) in [5.74, 6) is 1.25. The lowest BCUT2D eigenvalue weighted by molar-refractivity contribution is 0.0745. The molecule has 0 N–H and O–H groups in total. The van der Waals surface area contributed by atoms with Crippen LogP contribution in [0.2, 0.25) is 0 Å². The van der Waals surface area contributed by atoms with Gasteiger partial charge in [0.15, 0.2) is 0 Å². The van der Waals surface area contributed by atoms with Crippen LogP contribution in [0.4, 0.5) is 0 Å². The molecule has 0 saturated carbocycles. The lowest BCUT2D eigenvalue weighted by atomic mass is 9.94. The Bertz CT molecular complexity index is 756. The van der Waals surface area contributed by atoms with E-state index in [4.69, 9.17) is 4.84 Å². The molecular formula is C19H22N4O. The Morgan fingerprint density at radius 1 is 1.21 bits per heavy atom. The molecule has 2 aliphatic heterocycles. The summed E-state index contributed by atoms with van der Waals surface area (Å²) in [6, 6.07) is 8.50. The second kappa shape index (κ2) is 6.32. The number of benzene rings is 1. The van der Waals surface area contributed by atoms with Gasteiger partial charge in [0.05, 0.1) is 11.6 Å². The van der Waals surface area contributed by atoms with Gasteiger partial charge in [0.1, 0.15) is 11.9 Å². The van der Waals surface area contributed by atoms with Gasteiger partial charge in [-0.1, -0.05) is 41.9 Å². The molecule has 2 aromatic rings. The van der Waals surface area contributed by atoms with Crippen LogP contribution in [-0.4, -0.2) is 39.8 Å². The van der Waals surface area contributed by atoms with E-state index in [-0.39, 0.29) is 6.10 Å². The van der Waals surface area contributed by atoms with Gasteiger partial charge in [0.2, 0.25) is 0 Å². The number of aromatic nitrogens is 2. The Morgan fingerprint density at radius 2 is 2.04 bits per heavy atom. The number of rotatable bonds is 4. The van der Waals surface area contributed by atoms with Crippen molar-refractivity contribution in [3.05, 3.63) is 59.2 Å². The fourth-order valence-electron chi connectivity index (χ4n) is 3.52. The van der Waals surface area contributed by atoms with Crippen molar-refractivity contribution >= 4 is 5.71 Å². The zero-order chi connectivity index (χ0) is 16.5. The fraction of sp³-hybridized carbons (Fsp3) is 0.421. The summed E-state index contributed by atoms with van der Waals surface area (Å²) < 4.78 is 0. The van der Waals surface area contributed by atoms with Gasteiger partial charge in [-0.15, -0.1) is 0 Å². The van der Waals surface area contributed by atoms with Crippen molar-refractivity contribution in [1.29, 1.82) is 0 Å². The first kappa shape index (κ1) is 15.3.